The van der Waals surface area contributed by atoms with Crippen LogP contribution in [0.25, 0.3) is 16.4 Å². The molecule has 3 unspecified atom stereocenters. The summed E-state index contributed by atoms with van der Waals surface area (Å²) in [5.74, 6) is 1.12. The molecule has 1 saturated heterocycles. The van der Waals surface area contributed by atoms with E-state index >= 15 is 0 Å². The van der Waals surface area contributed by atoms with E-state index in [1.807, 2.05) is 22.4 Å². The molecule has 1 aromatic carbocycles. The van der Waals surface area contributed by atoms with Crippen molar-refractivity contribution in [3.63, 3.8) is 0 Å². The van der Waals surface area contributed by atoms with Gasteiger partial charge in [0.25, 0.3) is 5.91 Å². The molecule has 29 heavy (non-hydrogen) atoms. The second-order valence-electron chi connectivity index (χ2n) is 7.50. The molecule has 2 aromatic heterocycles. The molecule has 3 atom stereocenters. The number of likely N-dealkylation sites (tertiary alicyclic amines) is 1. The van der Waals surface area contributed by atoms with E-state index in [0.29, 0.717) is 29.9 Å². The maximum absolute atomic E-state index is 13.3. The van der Waals surface area contributed by atoms with Crippen LogP contribution in [-0.4, -0.2) is 44.7 Å². The summed E-state index contributed by atoms with van der Waals surface area (Å²) in [4.78, 5) is 20.4. The van der Waals surface area contributed by atoms with Crippen LogP contribution >= 0.6 is 23.7 Å². The molecular formula is C20H21ClFN5OS. The third-order valence-electron chi connectivity index (χ3n) is 5.81. The summed E-state index contributed by atoms with van der Waals surface area (Å²) in [6.45, 7) is 1.39. The molecule has 0 spiro atoms. The van der Waals surface area contributed by atoms with E-state index in [1.165, 1.54) is 23.5 Å². The Hall–Kier alpha value is -2.29. The Morgan fingerprint density at radius 1 is 1.17 bits per heavy atom. The van der Waals surface area contributed by atoms with Crippen molar-refractivity contribution >= 4 is 29.7 Å². The first-order valence-corrected chi connectivity index (χ1v) is 10.3. The SMILES string of the molecule is Cl.NC1CCC2CN(C(=O)c3nc(-c4cccs4)n(-c4ccc(F)cc4)n3)CC12. The third-order valence-corrected chi connectivity index (χ3v) is 6.68. The fourth-order valence-corrected chi connectivity index (χ4v) is 5.04. The highest BCUT2D eigenvalue weighted by molar-refractivity contribution is 7.13. The Balaban J connectivity index is 0.00000205. The van der Waals surface area contributed by atoms with Crippen molar-refractivity contribution in [1.82, 2.24) is 19.7 Å². The zero-order valence-electron chi connectivity index (χ0n) is 15.6. The summed E-state index contributed by atoms with van der Waals surface area (Å²) in [5, 5.41) is 6.44. The number of nitrogens with zero attached hydrogens (tertiary/aromatic N) is 4. The number of hydrogen-bond acceptors (Lipinski definition) is 5. The second kappa shape index (κ2) is 7.85. The van der Waals surface area contributed by atoms with Gasteiger partial charge in [0.2, 0.25) is 5.82 Å². The van der Waals surface area contributed by atoms with Crippen LogP contribution in [0.4, 0.5) is 4.39 Å². The van der Waals surface area contributed by atoms with Crippen LogP contribution in [0.15, 0.2) is 41.8 Å². The van der Waals surface area contributed by atoms with Gasteiger partial charge in [-0.25, -0.2) is 14.1 Å². The fourth-order valence-electron chi connectivity index (χ4n) is 4.35. The lowest BCUT2D eigenvalue weighted by molar-refractivity contribution is 0.0767. The Kier molecular flexibility index (Phi) is 5.42. The molecule has 9 heteroatoms. The standard InChI is InChI=1S/C20H20FN5OS.ClH/c21-13-4-6-14(7-5-13)26-19(17-2-1-9-28-17)23-18(24-26)20(27)25-10-12-3-8-16(22)15(12)11-25;/h1-2,4-7,9,12,15-16H,3,8,10-11,22H2;1H. The number of rotatable bonds is 3. The lowest BCUT2D eigenvalue weighted by Gasteiger charge is -2.16. The van der Waals surface area contributed by atoms with E-state index in [-0.39, 0.29) is 36.0 Å². The van der Waals surface area contributed by atoms with Crippen molar-refractivity contribution in [3.05, 3.63) is 53.4 Å². The van der Waals surface area contributed by atoms with E-state index in [0.717, 1.165) is 24.3 Å². The topological polar surface area (TPSA) is 77.0 Å². The minimum absolute atomic E-state index is 0. The van der Waals surface area contributed by atoms with Gasteiger partial charge in [-0.05, 0) is 60.4 Å². The largest absolute Gasteiger partial charge is 0.335 e. The van der Waals surface area contributed by atoms with E-state index in [4.69, 9.17) is 5.73 Å². The molecule has 2 aliphatic rings. The lowest BCUT2D eigenvalue weighted by Crippen LogP contribution is -2.34. The molecule has 6 nitrogen and oxygen atoms in total. The summed E-state index contributed by atoms with van der Waals surface area (Å²) < 4.78 is 15.0. The van der Waals surface area contributed by atoms with Gasteiger partial charge in [-0.1, -0.05) is 6.07 Å². The molecule has 0 radical (unpaired) electrons. The first-order valence-electron chi connectivity index (χ1n) is 9.42. The molecule has 1 aliphatic carbocycles. The van der Waals surface area contributed by atoms with Crippen LogP contribution in [0.1, 0.15) is 23.5 Å². The molecular weight excluding hydrogens is 413 g/mol. The molecule has 1 aliphatic heterocycles. The maximum atomic E-state index is 13.3. The first-order chi connectivity index (χ1) is 13.6. The maximum Gasteiger partial charge on any atom is 0.293 e. The van der Waals surface area contributed by atoms with E-state index in [1.54, 1.807) is 16.8 Å². The van der Waals surface area contributed by atoms with Crippen molar-refractivity contribution in [3.8, 4) is 16.4 Å². The van der Waals surface area contributed by atoms with Gasteiger partial charge < -0.3 is 10.6 Å². The molecule has 152 valence electrons. The van der Waals surface area contributed by atoms with Crippen LogP contribution in [0.2, 0.25) is 0 Å². The normalized spacial score (nSPS) is 23.1. The van der Waals surface area contributed by atoms with Gasteiger partial charge in [-0.3, -0.25) is 4.79 Å². The van der Waals surface area contributed by atoms with E-state index in [9.17, 15) is 9.18 Å². The molecule has 1 saturated carbocycles. The van der Waals surface area contributed by atoms with Gasteiger partial charge in [-0.2, -0.15) is 0 Å². The van der Waals surface area contributed by atoms with Gasteiger partial charge in [0.1, 0.15) is 5.82 Å². The summed E-state index contributed by atoms with van der Waals surface area (Å²) in [5.41, 5.74) is 6.86. The van der Waals surface area contributed by atoms with Crippen molar-refractivity contribution < 1.29 is 9.18 Å². The molecule has 0 bridgehead atoms. The molecule has 2 fully saturated rings. The van der Waals surface area contributed by atoms with Crippen molar-refractivity contribution in [2.45, 2.75) is 18.9 Å². The number of hydrogen-bond donors (Lipinski definition) is 1. The molecule has 1 amide bonds. The monoisotopic (exact) mass is 433 g/mol. The smallest absolute Gasteiger partial charge is 0.293 e. The number of thiophene rings is 1. The van der Waals surface area contributed by atoms with Crippen LogP contribution in [0, 0.1) is 17.7 Å². The number of nitrogens with two attached hydrogens (primary N) is 1. The zero-order chi connectivity index (χ0) is 19.3. The number of benzene rings is 1. The Labute approximate surface area is 178 Å². The highest BCUT2D eigenvalue weighted by Crippen LogP contribution is 2.37. The molecule has 3 heterocycles. The zero-order valence-corrected chi connectivity index (χ0v) is 17.2. The number of fused-ring (bicyclic) bond motifs is 1. The summed E-state index contributed by atoms with van der Waals surface area (Å²) in [7, 11) is 0. The van der Waals surface area contributed by atoms with Crippen LogP contribution < -0.4 is 5.73 Å². The first kappa shape index (κ1) is 20.0. The van der Waals surface area contributed by atoms with Gasteiger partial charge in [0.15, 0.2) is 5.82 Å². The highest BCUT2D eigenvalue weighted by Gasteiger charge is 2.43. The van der Waals surface area contributed by atoms with Crippen LogP contribution in [-0.2, 0) is 0 Å². The average Bonchev–Trinajstić information content (AvgIpc) is 3.47. The van der Waals surface area contributed by atoms with Crippen molar-refractivity contribution in [2.75, 3.05) is 13.1 Å². The minimum Gasteiger partial charge on any atom is -0.335 e. The Morgan fingerprint density at radius 2 is 1.97 bits per heavy atom. The van der Waals surface area contributed by atoms with Gasteiger partial charge >= 0.3 is 0 Å². The Morgan fingerprint density at radius 3 is 2.66 bits per heavy atom. The average molecular weight is 434 g/mol. The molecule has 3 aromatic rings. The van der Waals surface area contributed by atoms with Gasteiger partial charge in [-0.15, -0.1) is 28.8 Å². The molecule has 5 rings (SSSR count). The number of carbonyl (C=O) groups is 1. The summed E-state index contributed by atoms with van der Waals surface area (Å²) in [6.07, 6.45) is 2.12. The highest BCUT2D eigenvalue weighted by atomic mass is 35.5. The number of carbonyl (C=O) groups excluding carboxylic acids is 1. The predicted octanol–water partition coefficient (Wildman–Crippen LogP) is 3.37. The predicted molar refractivity (Wildman–Crippen MR) is 112 cm³/mol. The number of halogens is 2. The number of amides is 1. The van der Waals surface area contributed by atoms with Gasteiger partial charge in [0.05, 0.1) is 10.6 Å². The summed E-state index contributed by atoms with van der Waals surface area (Å²) in [6, 6.07) is 10.0. The quantitative estimate of drug-likeness (QED) is 0.687. The Bertz CT molecular complexity index is 1010. The lowest BCUT2D eigenvalue weighted by atomic mass is 9.98. The molecule has 2 N–H and O–H groups in total. The van der Waals surface area contributed by atoms with Gasteiger partial charge in [0, 0.05) is 19.1 Å². The van der Waals surface area contributed by atoms with Crippen LogP contribution in [0.5, 0.6) is 0 Å². The summed E-state index contributed by atoms with van der Waals surface area (Å²) >= 11 is 1.52. The minimum atomic E-state index is -0.321. The fraction of sp³-hybridized carbons (Fsp3) is 0.350. The third kappa shape index (κ3) is 3.56. The second-order valence-corrected chi connectivity index (χ2v) is 8.45. The van der Waals surface area contributed by atoms with Crippen LogP contribution in [0.3, 0.4) is 0 Å². The van der Waals surface area contributed by atoms with Crippen molar-refractivity contribution in [1.29, 1.82) is 0 Å². The van der Waals surface area contributed by atoms with Crippen molar-refractivity contribution in [2.24, 2.45) is 17.6 Å². The van der Waals surface area contributed by atoms with E-state index < -0.39 is 0 Å². The number of aromatic nitrogens is 3. The van der Waals surface area contributed by atoms with E-state index in [2.05, 4.69) is 10.1 Å².